The van der Waals surface area contributed by atoms with Crippen molar-refractivity contribution in [1.29, 1.82) is 0 Å². The molecule has 0 spiro atoms. The highest BCUT2D eigenvalue weighted by Crippen LogP contribution is 2.20. The van der Waals surface area contributed by atoms with E-state index in [-0.39, 0.29) is 63.9 Å². The summed E-state index contributed by atoms with van der Waals surface area (Å²) in [6.45, 7) is 1.41. The highest BCUT2D eigenvalue weighted by atomic mass is 16.2. The normalized spacial score (nSPS) is 22.5. The molecule has 22 nitrogen and oxygen atoms in total. The van der Waals surface area contributed by atoms with E-state index in [1.165, 1.54) is 6.92 Å². The van der Waals surface area contributed by atoms with Gasteiger partial charge in [0, 0.05) is 55.7 Å². The fourth-order valence-electron chi connectivity index (χ4n) is 7.77. The van der Waals surface area contributed by atoms with Gasteiger partial charge in [-0.15, -0.1) is 0 Å². The summed E-state index contributed by atoms with van der Waals surface area (Å²) in [7, 11) is 0. The van der Waals surface area contributed by atoms with Gasteiger partial charge in [-0.25, -0.2) is 0 Å². The van der Waals surface area contributed by atoms with Crippen LogP contribution >= 0.6 is 0 Å². The average Bonchev–Trinajstić information content (AvgIpc) is 3.74. The second kappa shape index (κ2) is 25.7. The molecule has 0 bridgehead atoms. The van der Waals surface area contributed by atoms with Crippen molar-refractivity contribution in [2.24, 2.45) is 27.9 Å². The summed E-state index contributed by atoms with van der Waals surface area (Å²) in [5, 5.41) is 19.2. The number of hydrogen-bond acceptors (Lipinski definition) is 10. The predicted molar refractivity (Wildman–Crippen MR) is 258 cm³/mol. The van der Waals surface area contributed by atoms with Gasteiger partial charge in [-0.1, -0.05) is 78.9 Å². The molecule has 0 unspecified atom stereocenters. The van der Waals surface area contributed by atoms with Crippen LogP contribution in [0.4, 0.5) is 0 Å². The molecule has 1 saturated heterocycles. The standard InChI is InChI=1S/C48H61N13O9/c1-27-42(65)59-36(23-28-11-4-2-5-12-28)45(68)57-33(41(50)64)19-21-40(63)56-34(17-10-22-53-48(51)52)44(67)61-38(25-30-26-54-32-16-9-8-15-31(30)32)47(70)60-37(24-29-13-6-3-7-14-29)46(69)58-35(43(66)55-27)18-20-39(49)62/h2-9,11-16,26-27,33-38,54H,10,17-25H2,1H3,(H2,49,62)(H2,50,64)(H,55,66)(H,56,63)(H,57,68)(H,58,69)(H,59,65)(H,60,70)(H,61,67)(H4,51,52,53)/t27-,33-,34-,35+,36-,37-,38-/m0/s1. The minimum atomic E-state index is -1.48. The third kappa shape index (κ3) is 16.2. The van der Waals surface area contributed by atoms with E-state index < -0.39 is 102 Å². The maximum absolute atomic E-state index is 14.7. The Morgan fingerprint density at radius 1 is 0.571 bits per heavy atom. The number of fused-ring (bicyclic) bond motifs is 1. The third-order valence-electron chi connectivity index (χ3n) is 11.5. The summed E-state index contributed by atoms with van der Waals surface area (Å²) < 4.78 is 0. The molecule has 2 heterocycles. The lowest BCUT2D eigenvalue weighted by atomic mass is 10.0. The zero-order valence-corrected chi connectivity index (χ0v) is 38.7. The second-order valence-electron chi connectivity index (χ2n) is 17.0. The summed E-state index contributed by atoms with van der Waals surface area (Å²) in [4.78, 5) is 131. The Morgan fingerprint density at radius 2 is 1.07 bits per heavy atom. The van der Waals surface area contributed by atoms with Crippen molar-refractivity contribution in [1.82, 2.24) is 42.2 Å². The molecule has 1 fully saturated rings. The number of nitrogens with two attached hydrogens (primary N) is 4. The summed E-state index contributed by atoms with van der Waals surface area (Å²) in [6.07, 6.45) is 0.138. The number of carbonyl (C=O) groups excluding carboxylic acids is 9. The number of amides is 9. The molecule has 9 amide bonds. The first kappa shape index (κ1) is 52.7. The van der Waals surface area contributed by atoms with Gasteiger partial charge < -0.3 is 65.1 Å². The lowest BCUT2D eigenvalue weighted by Gasteiger charge is -2.27. The maximum atomic E-state index is 14.7. The largest absolute Gasteiger partial charge is 0.370 e. The Bertz CT molecular complexity index is 2530. The maximum Gasteiger partial charge on any atom is 0.243 e. The number of aliphatic imine (C=N–C) groups is 1. The van der Waals surface area contributed by atoms with Crippen LogP contribution in [0.2, 0.25) is 0 Å². The van der Waals surface area contributed by atoms with Crippen molar-refractivity contribution in [3.63, 3.8) is 0 Å². The molecule has 1 aromatic heterocycles. The van der Waals surface area contributed by atoms with Gasteiger partial charge >= 0.3 is 0 Å². The number of hydrogen-bond donors (Lipinski definition) is 12. The first-order valence-corrected chi connectivity index (χ1v) is 22.8. The molecule has 5 rings (SSSR count). The van der Waals surface area contributed by atoms with E-state index in [4.69, 9.17) is 22.9 Å². The quantitative estimate of drug-likeness (QED) is 0.0380. The Balaban J connectivity index is 1.56. The van der Waals surface area contributed by atoms with Crippen LogP contribution in [0.1, 0.15) is 62.1 Å². The lowest BCUT2D eigenvalue weighted by Crippen LogP contribution is -2.60. The zero-order chi connectivity index (χ0) is 50.7. The van der Waals surface area contributed by atoms with Crippen LogP contribution in [0.25, 0.3) is 10.9 Å². The second-order valence-corrected chi connectivity index (χ2v) is 17.0. The molecule has 0 radical (unpaired) electrons. The summed E-state index contributed by atoms with van der Waals surface area (Å²) in [5.74, 6) is -7.75. The summed E-state index contributed by atoms with van der Waals surface area (Å²) >= 11 is 0. The number of aromatic amines is 1. The van der Waals surface area contributed by atoms with Crippen molar-refractivity contribution in [2.75, 3.05) is 6.54 Å². The highest BCUT2D eigenvalue weighted by Gasteiger charge is 2.34. The number of guanidine groups is 1. The van der Waals surface area contributed by atoms with Crippen LogP contribution in [0.5, 0.6) is 0 Å². The van der Waals surface area contributed by atoms with Gasteiger partial charge in [0.15, 0.2) is 5.96 Å². The van der Waals surface area contributed by atoms with Crippen molar-refractivity contribution >= 4 is 70.0 Å². The Kier molecular flexibility index (Phi) is 19.4. The first-order chi connectivity index (χ1) is 33.5. The number of rotatable bonds is 14. The Labute approximate surface area is 403 Å². The number of para-hydroxylation sites is 1. The monoisotopic (exact) mass is 963 g/mol. The van der Waals surface area contributed by atoms with Gasteiger partial charge in [-0.2, -0.15) is 0 Å². The summed E-state index contributed by atoms with van der Waals surface area (Å²) in [6, 6.07) is 14.9. The van der Waals surface area contributed by atoms with Crippen LogP contribution in [-0.4, -0.2) is 113 Å². The number of aromatic nitrogens is 1. The number of primary amides is 2. The van der Waals surface area contributed by atoms with Crippen molar-refractivity contribution in [3.8, 4) is 0 Å². The van der Waals surface area contributed by atoms with E-state index in [2.05, 4.69) is 47.2 Å². The molecule has 0 aliphatic carbocycles. The van der Waals surface area contributed by atoms with Crippen molar-refractivity contribution in [3.05, 3.63) is 108 Å². The number of benzene rings is 3. The smallest absolute Gasteiger partial charge is 0.243 e. The number of nitrogens with zero attached hydrogens (tertiary/aromatic N) is 1. The van der Waals surface area contributed by atoms with Gasteiger partial charge in [0.2, 0.25) is 53.2 Å². The van der Waals surface area contributed by atoms with Gasteiger partial charge in [-0.3, -0.25) is 48.1 Å². The fraction of sp³-hybridized carbons (Fsp3) is 0.375. The van der Waals surface area contributed by atoms with E-state index in [1.807, 2.05) is 18.2 Å². The number of carbonyl (C=O) groups is 9. The van der Waals surface area contributed by atoms with Gasteiger partial charge in [0.05, 0.1) is 0 Å². The molecule has 70 heavy (non-hydrogen) atoms. The lowest BCUT2D eigenvalue weighted by molar-refractivity contribution is -0.135. The van der Waals surface area contributed by atoms with E-state index in [0.29, 0.717) is 16.7 Å². The van der Waals surface area contributed by atoms with Crippen molar-refractivity contribution < 1.29 is 43.2 Å². The number of nitrogens with one attached hydrogen (secondary N) is 8. The van der Waals surface area contributed by atoms with E-state index in [0.717, 1.165) is 10.9 Å². The zero-order valence-electron chi connectivity index (χ0n) is 38.7. The van der Waals surface area contributed by atoms with Crippen molar-refractivity contribution in [2.45, 2.75) is 107 Å². The minimum absolute atomic E-state index is 0.0289. The van der Waals surface area contributed by atoms with Gasteiger partial charge in [0.1, 0.15) is 42.3 Å². The Hall–Kier alpha value is -8.30. The number of H-pyrrole nitrogens is 1. The van der Waals surface area contributed by atoms with Gasteiger partial charge in [0.25, 0.3) is 0 Å². The SMILES string of the molecule is C[C@@H]1NC(=O)[C@@H](CCC(N)=O)NC(=O)[C@H](Cc2ccccc2)NC(=O)[C@H](Cc2c[nH]c3ccccc23)NC(=O)[C@H](CCCN=C(N)N)NC(=O)CC[C@@H](C(N)=O)NC(=O)[C@H](Cc2ccccc2)NC1=O. The fourth-order valence-corrected chi connectivity index (χ4v) is 7.77. The molecule has 7 atom stereocenters. The molecule has 372 valence electrons. The van der Waals surface area contributed by atoms with E-state index in [9.17, 15) is 43.2 Å². The topological polar surface area (TPSA) is 370 Å². The molecule has 22 heteroatoms. The van der Waals surface area contributed by atoms with E-state index in [1.54, 1.807) is 72.9 Å². The van der Waals surface area contributed by atoms with Gasteiger partial charge in [-0.05, 0) is 55.4 Å². The molecular weight excluding hydrogens is 903 g/mol. The molecule has 4 aromatic rings. The molecule has 16 N–H and O–H groups in total. The molecule has 1 aliphatic rings. The molecule has 3 aromatic carbocycles. The molecular formula is C48H61N13O9. The molecule has 1 aliphatic heterocycles. The highest BCUT2D eigenvalue weighted by molar-refractivity contribution is 5.98. The van der Waals surface area contributed by atoms with Crippen LogP contribution in [0, 0.1) is 0 Å². The predicted octanol–water partition coefficient (Wildman–Crippen LogP) is -1.79. The van der Waals surface area contributed by atoms with Crippen LogP contribution in [-0.2, 0) is 62.4 Å². The third-order valence-corrected chi connectivity index (χ3v) is 11.5. The first-order valence-electron chi connectivity index (χ1n) is 22.8. The van der Waals surface area contributed by atoms with E-state index >= 15 is 0 Å². The Morgan fingerprint density at radius 3 is 1.66 bits per heavy atom. The minimum Gasteiger partial charge on any atom is -0.370 e. The van der Waals surface area contributed by atoms with Crippen LogP contribution < -0.4 is 60.2 Å². The molecule has 0 saturated carbocycles. The average molecular weight is 964 g/mol. The summed E-state index contributed by atoms with van der Waals surface area (Å²) in [5.41, 5.74) is 24.8. The van der Waals surface area contributed by atoms with Crippen LogP contribution in [0.15, 0.2) is 96.1 Å². The van der Waals surface area contributed by atoms with Crippen LogP contribution in [0.3, 0.4) is 0 Å².